The molecular weight excluding hydrogens is 400 g/mol. The molecule has 0 spiro atoms. The lowest BCUT2D eigenvalue weighted by atomic mass is 10.0. The molecule has 0 atom stereocenters. The van der Waals surface area contributed by atoms with Crippen LogP contribution in [0.2, 0.25) is 0 Å². The molecule has 0 fully saturated rings. The van der Waals surface area contributed by atoms with E-state index in [0.29, 0.717) is 18.3 Å². The molecule has 0 saturated carbocycles. The first-order valence-corrected chi connectivity index (χ1v) is 10.6. The topological polar surface area (TPSA) is 105 Å². The minimum Gasteiger partial charge on any atom is -0.497 e. The van der Waals surface area contributed by atoms with Crippen molar-refractivity contribution < 1.29 is 4.74 Å². The summed E-state index contributed by atoms with van der Waals surface area (Å²) < 4.78 is 5.35. The van der Waals surface area contributed by atoms with E-state index in [9.17, 15) is 0 Å². The molecule has 3 heterocycles. The number of methoxy groups -OCH3 is 1. The van der Waals surface area contributed by atoms with Gasteiger partial charge in [0.05, 0.1) is 7.11 Å². The third-order valence-electron chi connectivity index (χ3n) is 6.09. The zero-order valence-corrected chi connectivity index (χ0v) is 18.4. The summed E-state index contributed by atoms with van der Waals surface area (Å²) >= 11 is 0. The van der Waals surface area contributed by atoms with Crippen LogP contribution >= 0.6 is 0 Å². The summed E-state index contributed by atoms with van der Waals surface area (Å²) in [7, 11) is 1.68. The number of nitrogens with zero attached hydrogens (tertiary/aromatic N) is 2. The van der Waals surface area contributed by atoms with Crippen LogP contribution in [0.1, 0.15) is 16.8 Å². The van der Waals surface area contributed by atoms with Crippen LogP contribution in [0.4, 0.5) is 11.8 Å². The number of aromatic nitrogens is 4. The fraction of sp³-hybridized carbons (Fsp3) is 0.200. The molecule has 0 saturated heterocycles. The van der Waals surface area contributed by atoms with Crippen molar-refractivity contribution in [2.75, 3.05) is 24.7 Å². The van der Waals surface area contributed by atoms with Gasteiger partial charge in [0.2, 0.25) is 5.95 Å². The van der Waals surface area contributed by atoms with Crippen LogP contribution in [-0.4, -0.2) is 33.6 Å². The molecule has 7 heteroatoms. The summed E-state index contributed by atoms with van der Waals surface area (Å²) in [6.45, 7) is 4.89. The number of anilines is 2. The normalized spacial score (nSPS) is 11.3. The standard InChI is InChI=1S/C25H26N6O/c1-14-15(2)30-23-6-4-16(10-19(14)23)21-13-29-25(31-24(21)26)27-9-8-17-12-28-22-7-5-18(32-3)11-20(17)22/h4-7,10-13,28,30H,8-9H2,1-3H3,(H3,26,27,29,31). The first-order chi connectivity index (χ1) is 15.5. The maximum absolute atomic E-state index is 6.30. The van der Waals surface area contributed by atoms with Gasteiger partial charge in [-0.25, -0.2) is 4.98 Å². The van der Waals surface area contributed by atoms with Gasteiger partial charge < -0.3 is 25.8 Å². The first-order valence-electron chi connectivity index (χ1n) is 10.6. The summed E-state index contributed by atoms with van der Waals surface area (Å²) in [4.78, 5) is 15.7. The van der Waals surface area contributed by atoms with Crippen LogP contribution in [0.15, 0.2) is 48.8 Å². The van der Waals surface area contributed by atoms with Gasteiger partial charge in [-0.15, -0.1) is 0 Å². The van der Waals surface area contributed by atoms with Gasteiger partial charge in [0.15, 0.2) is 0 Å². The number of rotatable bonds is 6. The monoisotopic (exact) mass is 426 g/mol. The molecule has 0 radical (unpaired) electrons. The van der Waals surface area contributed by atoms with Crippen molar-refractivity contribution in [3.8, 4) is 16.9 Å². The lowest BCUT2D eigenvalue weighted by Gasteiger charge is -2.09. The molecular formula is C25H26N6O. The van der Waals surface area contributed by atoms with Gasteiger partial charge in [0.1, 0.15) is 11.6 Å². The molecule has 0 aliphatic rings. The second-order valence-electron chi connectivity index (χ2n) is 8.03. The molecule has 5 aromatic rings. The number of hydrogen-bond donors (Lipinski definition) is 4. The van der Waals surface area contributed by atoms with Crippen molar-refractivity contribution in [1.82, 2.24) is 19.9 Å². The maximum Gasteiger partial charge on any atom is 0.224 e. The third-order valence-corrected chi connectivity index (χ3v) is 6.09. The predicted molar refractivity (Wildman–Crippen MR) is 130 cm³/mol. The summed E-state index contributed by atoms with van der Waals surface area (Å²) in [6, 6.07) is 12.3. The minimum absolute atomic E-state index is 0.462. The Morgan fingerprint density at radius 2 is 1.91 bits per heavy atom. The Kier molecular flexibility index (Phi) is 4.93. The highest BCUT2D eigenvalue weighted by Crippen LogP contribution is 2.30. The predicted octanol–water partition coefficient (Wildman–Crippen LogP) is 4.97. The third kappa shape index (κ3) is 3.51. The molecule has 0 amide bonds. The van der Waals surface area contributed by atoms with E-state index in [1.54, 1.807) is 13.3 Å². The number of fused-ring (bicyclic) bond motifs is 2. The number of nitrogen functional groups attached to an aromatic ring is 1. The van der Waals surface area contributed by atoms with Crippen molar-refractivity contribution in [3.63, 3.8) is 0 Å². The average Bonchev–Trinajstić information content (AvgIpc) is 3.33. The van der Waals surface area contributed by atoms with Crippen LogP contribution in [0.25, 0.3) is 32.9 Å². The first kappa shape index (κ1) is 19.9. The van der Waals surface area contributed by atoms with E-state index in [1.165, 1.54) is 22.2 Å². The number of H-pyrrole nitrogens is 2. The zero-order chi connectivity index (χ0) is 22.2. The van der Waals surface area contributed by atoms with Crippen molar-refractivity contribution in [3.05, 3.63) is 65.6 Å². The van der Waals surface area contributed by atoms with Gasteiger partial charge in [-0.1, -0.05) is 6.07 Å². The zero-order valence-electron chi connectivity index (χ0n) is 18.4. The summed E-state index contributed by atoms with van der Waals surface area (Å²) in [5.74, 6) is 1.84. The molecule has 2 aromatic carbocycles. The van der Waals surface area contributed by atoms with Crippen LogP contribution in [0.3, 0.4) is 0 Å². The second-order valence-corrected chi connectivity index (χ2v) is 8.03. The number of hydrogen-bond acceptors (Lipinski definition) is 5. The van der Waals surface area contributed by atoms with Gasteiger partial charge in [-0.3, -0.25) is 0 Å². The SMILES string of the molecule is COc1ccc2[nH]cc(CCNc3ncc(-c4ccc5[nH]c(C)c(C)c5c4)c(N)n3)c2c1. The largest absolute Gasteiger partial charge is 0.497 e. The van der Waals surface area contributed by atoms with Crippen molar-refractivity contribution in [2.45, 2.75) is 20.3 Å². The fourth-order valence-electron chi connectivity index (χ4n) is 4.13. The van der Waals surface area contributed by atoms with Crippen molar-refractivity contribution in [1.29, 1.82) is 0 Å². The smallest absolute Gasteiger partial charge is 0.224 e. The number of nitrogens with one attached hydrogen (secondary N) is 3. The molecule has 0 bridgehead atoms. The highest BCUT2D eigenvalue weighted by atomic mass is 16.5. The molecule has 5 rings (SSSR count). The summed E-state index contributed by atoms with van der Waals surface area (Å²) in [6.07, 6.45) is 4.64. The van der Waals surface area contributed by atoms with E-state index in [2.05, 4.69) is 57.3 Å². The quantitative estimate of drug-likeness (QED) is 0.307. The van der Waals surface area contributed by atoms with E-state index in [4.69, 9.17) is 10.5 Å². The van der Waals surface area contributed by atoms with Gasteiger partial charge in [0, 0.05) is 52.0 Å². The van der Waals surface area contributed by atoms with Gasteiger partial charge in [-0.2, -0.15) is 4.98 Å². The Morgan fingerprint density at radius 1 is 1.06 bits per heavy atom. The highest BCUT2D eigenvalue weighted by molar-refractivity contribution is 5.90. The molecule has 32 heavy (non-hydrogen) atoms. The Labute approximate surface area is 186 Å². The maximum atomic E-state index is 6.30. The van der Waals surface area contributed by atoms with E-state index < -0.39 is 0 Å². The fourth-order valence-corrected chi connectivity index (χ4v) is 4.13. The van der Waals surface area contributed by atoms with E-state index in [0.717, 1.165) is 39.7 Å². The Morgan fingerprint density at radius 3 is 2.72 bits per heavy atom. The number of aryl methyl sites for hydroxylation is 2. The van der Waals surface area contributed by atoms with Gasteiger partial charge in [0.25, 0.3) is 0 Å². The number of nitrogens with two attached hydrogens (primary N) is 1. The molecule has 162 valence electrons. The van der Waals surface area contributed by atoms with Crippen molar-refractivity contribution >= 4 is 33.6 Å². The minimum atomic E-state index is 0.462. The summed E-state index contributed by atoms with van der Waals surface area (Å²) in [5, 5.41) is 5.64. The van der Waals surface area contributed by atoms with Crippen LogP contribution < -0.4 is 15.8 Å². The average molecular weight is 427 g/mol. The van der Waals surface area contributed by atoms with Crippen LogP contribution in [-0.2, 0) is 6.42 Å². The van der Waals surface area contributed by atoms with E-state index in [-0.39, 0.29) is 0 Å². The Hall–Kier alpha value is -4.00. The molecule has 7 nitrogen and oxygen atoms in total. The highest BCUT2D eigenvalue weighted by Gasteiger charge is 2.11. The van der Waals surface area contributed by atoms with Gasteiger partial charge >= 0.3 is 0 Å². The van der Waals surface area contributed by atoms with E-state index in [1.807, 2.05) is 24.4 Å². The molecule has 0 aliphatic heterocycles. The van der Waals surface area contributed by atoms with Crippen LogP contribution in [0, 0.1) is 13.8 Å². The molecule has 5 N–H and O–H groups in total. The number of aromatic amines is 2. The lowest BCUT2D eigenvalue weighted by Crippen LogP contribution is -2.09. The molecule has 3 aromatic heterocycles. The van der Waals surface area contributed by atoms with Crippen LogP contribution in [0.5, 0.6) is 5.75 Å². The molecule has 0 unspecified atom stereocenters. The lowest BCUT2D eigenvalue weighted by molar-refractivity contribution is 0.415. The number of benzene rings is 2. The summed E-state index contributed by atoms with van der Waals surface area (Å²) in [5.41, 5.74) is 14.0. The second kappa shape index (κ2) is 7.92. The van der Waals surface area contributed by atoms with Crippen molar-refractivity contribution in [2.24, 2.45) is 0 Å². The number of ether oxygens (including phenoxy) is 1. The Bertz CT molecular complexity index is 1430. The van der Waals surface area contributed by atoms with E-state index >= 15 is 0 Å². The molecule has 0 aliphatic carbocycles. The van der Waals surface area contributed by atoms with Gasteiger partial charge in [-0.05, 0) is 67.3 Å². The Balaban J connectivity index is 1.31.